The first-order chi connectivity index (χ1) is 13.7. The Morgan fingerprint density at radius 2 is 1.93 bits per heavy atom. The lowest BCUT2D eigenvalue weighted by Gasteiger charge is -2.35. The second kappa shape index (κ2) is 10.5. The van der Waals surface area contributed by atoms with Gasteiger partial charge in [-0.2, -0.15) is 0 Å². The topological polar surface area (TPSA) is 60.0 Å². The number of hydrogen-bond acceptors (Lipinski definition) is 3. The third-order valence-corrected chi connectivity index (χ3v) is 5.75. The average molecular weight is 386 g/mol. The molecule has 1 aromatic carbocycles. The lowest BCUT2D eigenvalue weighted by molar-refractivity contribution is -0.117. The number of benzene rings is 1. The fourth-order valence-corrected chi connectivity index (χ4v) is 4.14. The SMILES string of the molecule is CCNC(=NCc1ccc(N2CCCC2=O)cc1)NCC1CCCCN1CC. The fraction of sp³-hybridized carbons (Fsp3) is 0.636. The van der Waals surface area contributed by atoms with E-state index in [2.05, 4.69) is 41.5 Å². The minimum Gasteiger partial charge on any atom is -0.357 e. The first-order valence-electron chi connectivity index (χ1n) is 10.9. The van der Waals surface area contributed by atoms with Crippen LogP contribution in [0.5, 0.6) is 0 Å². The van der Waals surface area contributed by atoms with E-state index in [1.165, 1.54) is 25.8 Å². The van der Waals surface area contributed by atoms with Crippen LogP contribution in [-0.4, -0.2) is 55.5 Å². The van der Waals surface area contributed by atoms with Crippen molar-refractivity contribution in [3.8, 4) is 0 Å². The minimum absolute atomic E-state index is 0.230. The van der Waals surface area contributed by atoms with Crippen molar-refractivity contribution >= 4 is 17.6 Å². The van der Waals surface area contributed by atoms with Crippen LogP contribution in [0, 0.1) is 0 Å². The Morgan fingerprint density at radius 1 is 1.11 bits per heavy atom. The summed E-state index contributed by atoms with van der Waals surface area (Å²) in [6.07, 6.45) is 5.52. The molecular formula is C22H35N5O. The zero-order valence-electron chi connectivity index (χ0n) is 17.4. The highest BCUT2D eigenvalue weighted by Gasteiger charge is 2.22. The molecule has 1 aromatic rings. The van der Waals surface area contributed by atoms with Gasteiger partial charge in [0.2, 0.25) is 5.91 Å². The van der Waals surface area contributed by atoms with Gasteiger partial charge in [-0.05, 0) is 57.0 Å². The number of carbonyl (C=O) groups excluding carboxylic acids is 1. The van der Waals surface area contributed by atoms with E-state index < -0.39 is 0 Å². The summed E-state index contributed by atoms with van der Waals surface area (Å²) >= 11 is 0. The molecule has 6 heteroatoms. The van der Waals surface area contributed by atoms with Crippen LogP contribution in [0.2, 0.25) is 0 Å². The normalized spacial score (nSPS) is 21.2. The zero-order valence-corrected chi connectivity index (χ0v) is 17.4. The molecule has 0 radical (unpaired) electrons. The molecule has 0 spiro atoms. The number of piperidine rings is 1. The Kier molecular flexibility index (Phi) is 7.71. The van der Waals surface area contributed by atoms with Gasteiger partial charge in [-0.15, -0.1) is 0 Å². The van der Waals surface area contributed by atoms with Gasteiger partial charge in [-0.3, -0.25) is 9.69 Å². The van der Waals surface area contributed by atoms with Crippen LogP contribution >= 0.6 is 0 Å². The van der Waals surface area contributed by atoms with Gasteiger partial charge in [-0.25, -0.2) is 4.99 Å². The number of guanidine groups is 1. The summed E-state index contributed by atoms with van der Waals surface area (Å²) in [6, 6.07) is 8.83. The predicted octanol–water partition coefficient (Wildman–Crippen LogP) is 2.74. The van der Waals surface area contributed by atoms with Gasteiger partial charge >= 0.3 is 0 Å². The molecule has 3 rings (SSSR count). The largest absolute Gasteiger partial charge is 0.357 e. The Morgan fingerprint density at radius 3 is 2.61 bits per heavy atom. The molecule has 6 nitrogen and oxygen atoms in total. The maximum absolute atomic E-state index is 11.9. The molecule has 2 N–H and O–H groups in total. The molecule has 0 aliphatic carbocycles. The molecule has 28 heavy (non-hydrogen) atoms. The number of likely N-dealkylation sites (N-methyl/N-ethyl adjacent to an activating group) is 1. The summed E-state index contributed by atoms with van der Waals surface area (Å²) in [4.78, 5) is 21.1. The molecule has 0 aromatic heterocycles. The minimum atomic E-state index is 0.230. The van der Waals surface area contributed by atoms with E-state index in [4.69, 9.17) is 4.99 Å². The average Bonchev–Trinajstić information content (AvgIpc) is 3.16. The summed E-state index contributed by atoms with van der Waals surface area (Å²) in [6.45, 7) is 9.93. The van der Waals surface area contributed by atoms with Gasteiger partial charge in [0.05, 0.1) is 6.54 Å². The van der Waals surface area contributed by atoms with E-state index in [0.717, 1.165) is 49.8 Å². The number of nitrogens with one attached hydrogen (secondary N) is 2. The van der Waals surface area contributed by atoms with Gasteiger partial charge in [-0.1, -0.05) is 25.5 Å². The lowest BCUT2D eigenvalue weighted by Crippen LogP contribution is -2.49. The highest BCUT2D eigenvalue weighted by molar-refractivity contribution is 5.95. The maximum Gasteiger partial charge on any atom is 0.227 e. The molecule has 2 saturated heterocycles. The summed E-state index contributed by atoms with van der Waals surface area (Å²) in [5.74, 6) is 1.11. The second-order valence-electron chi connectivity index (χ2n) is 7.67. The number of hydrogen-bond donors (Lipinski definition) is 2. The van der Waals surface area contributed by atoms with Crippen molar-refractivity contribution < 1.29 is 4.79 Å². The molecule has 2 aliphatic heterocycles. The maximum atomic E-state index is 11.9. The number of anilines is 1. The number of carbonyl (C=O) groups is 1. The van der Waals surface area contributed by atoms with E-state index in [9.17, 15) is 4.79 Å². The van der Waals surface area contributed by atoms with Crippen molar-refractivity contribution in [2.45, 2.75) is 58.5 Å². The smallest absolute Gasteiger partial charge is 0.227 e. The first-order valence-corrected chi connectivity index (χ1v) is 10.9. The predicted molar refractivity (Wildman–Crippen MR) is 116 cm³/mol. The molecule has 1 unspecified atom stereocenters. The molecule has 1 amide bonds. The van der Waals surface area contributed by atoms with E-state index >= 15 is 0 Å². The molecule has 154 valence electrons. The Hall–Kier alpha value is -2.08. The van der Waals surface area contributed by atoms with Crippen LogP contribution in [0.3, 0.4) is 0 Å². The summed E-state index contributed by atoms with van der Waals surface area (Å²) in [7, 11) is 0. The number of likely N-dealkylation sites (tertiary alicyclic amines) is 1. The number of rotatable bonds is 7. The summed E-state index contributed by atoms with van der Waals surface area (Å²) in [5, 5.41) is 6.89. The quantitative estimate of drug-likeness (QED) is 0.560. The second-order valence-corrected chi connectivity index (χ2v) is 7.67. The van der Waals surface area contributed by atoms with Crippen LogP contribution in [0.25, 0.3) is 0 Å². The first kappa shape index (κ1) is 20.6. The highest BCUT2D eigenvalue weighted by atomic mass is 16.2. The Bertz CT molecular complexity index is 657. The van der Waals surface area contributed by atoms with E-state index in [0.29, 0.717) is 19.0 Å². The van der Waals surface area contributed by atoms with Crippen LogP contribution < -0.4 is 15.5 Å². The fourth-order valence-electron chi connectivity index (χ4n) is 4.14. The van der Waals surface area contributed by atoms with Crippen LogP contribution in [-0.2, 0) is 11.3 Å². The van der Waals surface area contributed by atoms with Crippen molar-refractivity contribution in [3.05, 3.63) is 29.8 Å². The summed E-state index contributed by atoms with van der Waals surface area (Å²) in [5.41, 5.74) is 2.15. The molecule has 1 atom stereocenters. The number of nitrogens with zero attached hydrogens (tertiary/aromatic N) is 3. The lowest BCUT2D eigenvalue weighted by atomic mass is 10.0. The van der Waals surface area contributed by atoms with Crippen molar-refractivity contribution in [2.75, 3.05) is 37.6 Å². The van der Waals surface area contributed by atoms with Crippen molar-refractivity contribution in [1.29, 1.82) is 0 Å². The van der Waals surface area contributed by atoms with E-state index in [1.807, 2.05) is 17.0 Å². The van der Waals surface area contributed by atoms with Gasteiger partial charge in [0.25, 0.3) is 0 Å². The van der Waals surface area contributed by atoms with Crippen molar-refractivity contribution in [1.82, 2.24) is 15.5 Å². The van der Waals surface area contributed by atoms with Crippen LogP contribution in [0.4, 0.5) is 5.69 Å². The molecule has 2 fully saturated rings. The van der Waals surface area contributed by atoms with Crippen molar-refractivity contribution in [3.63, 3.8) is 0 Å². The highest BCUT2D eigenvalue weighted by Crippen LogP contribution is 2.21. The monoisotopic (exact) mass is 385 g/mol. The third kappa shape index (κ3) is 5.47. The Labute approximate surface area is 169 Å². The van der Waals surface area contributed by atoms with E-state index in [-0.39, 0.29) is 5.91 Å². The Balaban J connectivity index is 1.55. The molecular weight excluding hydrogens is 350 g/mol. The third-order valence-electron chi connectivity index (χ3n) is 5.75. The van der Waals surface area contributed by atoms with Gasteiger partial charge in [0.15, 0.2) is 5.96 Å². The standard InChI is InChI=1S/C22H35N5O/c1-3-23-22(25-17-20-8-5-6-14-26(20)4-2)24-16-18-10-12-19(13-11-18)27-15-7-9-21(27)28/h10-13,20H,3-9,14-17H2,1-2H3,(H2,23,24,25). The number of amides is 1. The number of aliphatic imine (C=N–C) groups is 1. The summed E-state index contributed by atoms with van der Waals surface area (Å²) < 4.78 is 0. The molecule has 2 aliphatic rings. The van der Waals surface area contributed by atoms with Gasteiger partial charge in [0, 0.05) is 37.8 Å². The van der Waals surface area contributed by atoms with Crippen molar-refractivity contribution in [2.24, 2.45) is 4.99 Å². The van der Waals surface area contributed by atoms with Crippen LogP contribution in [0.15, 0.2) is 29.3 Å². The molecule has 0 bridgehead atoms. The van der Waals surface area contributed by atoms with Gasteiger partial charge in [0.1, 0.15) is 0 Å². The van der Waals surface area contributed by atoms with Crippen LogP contribution in [0.1, 0.15) is 51.5 Å². The molecule has 2 heterocycles. The van der Waals surface area contributed by atoms with E-state index in [1.54, 1.807) is 0 Å². The molecule has 0 saturated carbocycles. The zero-order chi connectivity index (χ0) is 19.8. The van der Waals surface area contributed by atoms with Gasteiger partial charge < -0.3 is 15.5 Å².